The summed E-state index contributed by atoms with van der Waals surface area (Å²) in [5, 5.41) is 0. The fourth-order valence-electron chi connectivity index (χ4n) is 0.573. The van der Waals surface area contributed by atoms with Gasteiger partial charge in [-0.3, -0.25) is 0 Å². The molecule has 0 radical (unpaired) electrons. The zero-order valence-corrected chi connectivity index (χ0v) is 6.74. The first-order valence-electron chi connectivity index (χ1n) is 3.22. The molecule has 0 aliphatic carbocycles. The molecule has 0 saturated heterocycles. The Morgan fingerprint density at radius 3 is 2.10 bits per heavy atom. The fourth-order valence-corrected chi connectivity index (χ4v) is 0.573. The lowest BCUT2D eigenvalue weighted by Gasteiger charge is -1.98. The summed E-state index contributed by atoms with van der Waals surface area (Å²) >= 11 is 0. The van der Waals surface area contributed by atoms with Gasteiger partial charge in [-0.1, -0.05) is 18.7 Å². The Bertz CT molecular complexity index is 181. The average molecular weight is 140 g/mol. The summed E-state index contributed by atoms with van der Waals surface area (Å²) in [4.78, 5) is 0. The van der Waals surface area contributed by atoms with Gasteiger partial charge in [0, 0.05) is 0 Å². The number of halogens is 1. The summed E-state index contributed by atoms with van der Waals surface area (Å²) in [6.45, 7) is 8.59. The van der Waals surface area contributed by atoms with Crippen molar-refractivity contribution in [2.45, 2.75) is 20.8 Å². The van der Waals surface area contributed by atoms with E-state index in [2.05, 4.69) is 6.58 Å². The molecule has 0 spiro atoms. The molecule has 0 aromatic carbocycles. The number of hydrogen-bond acceptors (Lipinski definition) is 0. The Balaban J connectivity index is 4.51. The number of hydrogen-bond donors (Lipinski definition) is 0. The first-order chi connectivity index (χ1) is 4.59. The molecule has 0 nitrogen and oxygen atoms in total. The van der Waals surface area contributed by atoms with Crippen molar-refractivity contribution < 1.29 is 4.39 Å². The van der Waals surface area contributed by atoms with Gasteiger partial charge in [-0.2, -0.15) is 0 Å². The van der Waals surface area contributed by atoms with Crippen LogP contribution in [0, 0.1) is 0 Å². The van der Waals surface area contributed by atoms with Crippen LogP contribution in [0.15, 0.2) is 35.7 Å². The second-order valence-electron chi connectivity index (χ2n) is 2.24. The van der Waals surface area contributed by atoms with Crippen molar-refractivity contribution in [3.8, 4) is 0 Å². The third-order valence-corrected chi connectivity index (χ3v) is 1.48. The van der Waals surface area contributed by atoms with Crippen LogP contribution in [0.25, 0.3) is 0 Å². The highest BCUT2D eigenvalue weighted by atomic mass is 19.1. The van der Waals surface area contributed by atoms with Crippen LogP contribution in [0.3, 0.4) is 0 Å². The molecule has 0 aliphatic rings. The monoisotopic (exact) mass is 140 g/mol. The molecule has 0 bridgehead atoms. The zero-order valence-electron chi connectivity index (χ0n) is 6.74. The second-order valence-corrected chi connectivity index (χ2v) is 2.24. The van der Waals surface area contributed by atoms with Crippen molar-refractivity contribution in [3.05, 3.63) is 35.7 Å². The summed E-state index contributed by atoms with van der Waals surface area (Å²) in [5.74, 6) is -0.129. The summed E-state index contributed by atoms with van der Waals surface area (Å²) in [6.07, 6.45) is 3.44. The first-order valence-corrected chi connectivity index (χ1v) is 3.22. The van der Waals surface area contributed by atoms with Crippen molar-refractivity contribution >= 4 is 0 Å². The van der Waals surface area contributed by atoms with Gasteiger partial charge in [0.1, 0.15) is 0 Å². The van der Waals surface area contributed by atoms with E-state index in [0.29, 0.717) is 5.57 Å². The van der Waals surface area contributed by atoms with Gasteiger partial charge in [0.2, 0.25) is 0 Å². The first kappa shape index (κ1) is 9.15. The fraction of sp³-hybridized carbons (Fsp3) is 0.333. The smallest absolute Gasteiger partial charge is 0.1000 e. The van der Waals surface area contributed by atoms with Crippen LogP contribution >= 0.6 is 0 Å². The standard InChI is InChI=1S/C9H13F/c1-5-6-7(2)8(3)9(4)10/h5-6H,1H2,2-4H3/b7-6+,9-8+. The lowest BCUT2D eigenvalue weighted by atomic mass is 10.1. The molecule has 0 atom stereocenters. The summed E-state index contributed by atoms with van der Waals surface area (Å²) in [6, 6.07) is 0. The van der Waals surface area contributed by atoms with E-state index in [4.69, 9.17) is 0 Å². The average Bonchev–Trinajstić information content (AvgIpc) is 1.87. The predicted octanol–water partition coefficient (Wildman–Crippen LogP) is 3.38. The largest absolute Gasteiger partial charge is 0.212 e. The molecule has 0 rings (SSSR count). The molecular weight excluding hydrogens is 127 g/mol. The molecule has 0 N–H and O–H groups in total. The van der Waals surface area contributed by atoms with Crippen LogP contribution in [0.4, 0.5) is 4.39 Å². The molecule has 0 amide bonds. The van der Waals surface area contributed by atoms with E-state index in [1.807, 2.05) is 6.92 Å². The van der Waals surface area contributed by atoms with Crippen molar-refractivity contribution in [2.75, 3.05) is 0 Å². The van der Waals surface area contributed by atoms with Crippen molar-refractivity contribution in [1.29, 1.82) is 0 Å². The lowest BCUT2D eigenvalue weighted by molar-refractivity contribution is 0.629. The summed E-state index contributed by atoms with van der Waals surface area (Å²) < 4.78 is 12.5. The molecule has 0 saturated carbocycles. The Morgan fingerprint density at radius 2 is 1.80 bits per heavy atom. The Kier molecular flexibility index (Phi) is 3.70. The molecule has 56 valence electrons. The minimum atomic E-state index is -0.129. The van der Waals surface area contributed by atoms with Gasteiger partial charge in [-0.25, -0.2) is 4.39 Å². The molecule has 0 fully saturated rings. The maximum absolute atomic E-state index is 12.5. The molecule has 1 heteroatoms. The molecular formula is C9H13F. The topological polar surface area (TPSA) is 0 Å². The minimum absolute atomic E-state index is 0.129. The third-order valence-electron chi connectivity index (χ3n) is 1.48. The van der Waals surface area contributed by atoms with E-state index in [1.54, 1.807) is 19.1 Å². The van der Waals surface area contributed by atoms with Crippen molar-refractivity contribution in [2.24, 2.45) is 0 Å². The van der Waals surface area contributed by atoms with Gasteiger partial charge in [0.05, 0.1) is 5.83 Å². The predicted molar refractivity (Wildman–Crippen MR) is 43.4 cm³/mol. The van der Waals surface area contributed by atoms with Gasteiger partial charge in [-0.15, -0.1) is 0 Å². The normalized spacial score (nSPS) is 14.6. The molecule has 10 heavy (non-hydrogen) atoms. The Morgan fingerprint density at radius 1 is 1.30 bits per heavy atom. The lowest BCUT2D eigenvalue weighted by Crippen LogP contribution is -1.80. The Hall–Kier alpha value is -0.850. The Labute approximate surface area is 61.8 Å². The van der Waals surface area contributed by atoms with Crippen LogP contribution in [-0.2, 0) is 0 Å². The molecule has 0 unspecified atom stereocenters. The highest BCUT2D eigenvalue weighted by Crippen LogP contribution is 2.13. The van der Waals surface area contributed by atoms with Crippen LogP contribution in [0.5, 0.6) is 0 Å². The molecule has 0 heterocycles. The van der Waals surface area contributed by atoms with Crippen LogP contribution < -0.4 is 0 Å². The number of allylic oxidation sites excluding steroid dienone is 5. The van der Waals surface area contributed by atoms with Gasteiger partial charge in [0.15, 0.2) is 0 Å². The number of rotatable bonds is 2. The summed E-state index contributed by atoms with van der Waals surface area (Å²) in [7, 11) is 0. The molecule has 0 aromatic heterocycles. The van der Waals surface area contributed by atoms with Crippen LogP contribution in [0.2, 0.25) is 0 Å². The second kappa shape index (κ2) is 4.04. The maximum atomic E-state index is 12.5. The van der Waals surface area contributed by atoms with E-state index >= 15 is 0 Å². The third kappa shape index (κ3) is 2.62. The van der Waals surface area contributed by atoms with Gasteiger partial charge < -0.3 is 0 Å². The molecule has 0 aliphatic heterocycles. The van der Waals surface area contributed by atoms with Crippen LogP contribution in [0.1, 0.15) is 20.8 Å². The minimum Gasteiger partial charge on any atom is -0.212 e. The molecule has 0 aromatic rings. The van der Waals surface area contributed by atoms with E-state index in [1.165, 1.54) is 6.92 Å². The van der Waals surface area contributed by atoms with E-state index in [0.717, 1.165) is 5.57 Å². The highest BCUT2D eigenvalue weighted by Gasteiger charge is 1.95. The van der Waals surface area contributed by atoms with Gasteiger partial charge in [-0.05, 0) is 31.9 Å². The maximum Gasteiger partial charge on any atom is 0.1000 e. The van der Waals surface area contributed by atoms with Gasteiger partial charge >= 0.3 is 0 Å². The van der Waals surface area contributed by atoms with E-state index < -0.39 is 0 Å². The zero-order chi connectivity index (χ0) is 8.15. The van der Waals surface area contributed by atoms with E-state index in [-0.39, 0.29) is 5.83 Å². The van der Waals surface area contributed by atoms with Crippen molar-refractivity contribution in [3.63, 3.8) is 0 Å². The highest BCUT2D eigenvalue weighted by molar-refractivity contribution is 5.31. The van der Waals surface area contributed by atoms with Crippen LogP contribution in [-0.4, -0.2) is 0 Å². The quantitative estimate of drug-likeness (QED) is 0.516. The summed E-state index contributed by atoms with van der Waals surface area (Å²) in [5.41, 5.74) is 1.62. The van der Waals surface area contributed by atoms with Crippen molar-refractivity contribution in [1.82, 2.24) is 0 Å². The SMILES string of the molecule is C=C/C=C(C)/C(C)=C(\C)F. The van der Waals surface area contributed by atoms with Gasteiger partial charge in [0.25, 0.3) is 0 Å². The van der Waals surface area contributed by atoms with E-state index in [9.17, 15) is 4.39 Å².